The summed E-state index contributed by atoms with van der Waals surface area (Å²) in [7, 11) is 0. The fourth-order valence-corrected chi connectivity index (χ4v) is 4.03. The Bertz CT molecular complexity index is 516. The van der Waals surface area contributed by atoms with Gasteiger partial charge in [0.05, 0.1) is 23.3 Å². The summed E-state index contributed by atoms with van der Waals surface area (Å²) < 4.78 is 0. The Hall–Kier alpha value is -1.14. The normalized spacial score (nSPS) is 15.2. The molecule has 2 amide bonds. The predicted octanol–water partition coefficient (Wildman–Crippen LogP) is 4.18. The standard InChI is InChI=1S/C25H50N2O4/c1-11-24(30,12-2)19(15-17(5)6)26-21(28)23(9,10)22(29)27-20(16-18(7)8)25(31,13-3)14-4/h17-20,30-31H,11-16H2,1-10H3,(H,26,28)(H,27,29)/t19-,20-/m1/s1. The molecule has 0 aromatic carbocycles. The van der Waals surface area contributed by atoms with Crippen LogP contribution in [-0.2, 0) is 9.59 Å². The Morgan fingerprint density at radius 1 is 0.677 bits per heavy atom. The summed E-state index contributed by atoms with van der Waals surface area (Å²) in [6.07, 6.45) is 3.33. The minimum absolute atomic E-state index is 0.284. The van der Waals surface area contributed by atoms with Crippen LogP contribution >= 0.6 is 0 Å². The van der Waals surface area contributed by atoms with E-state index in [-0.39, 0.29) is 11.8 Å². The Morgan fingerprint density at radius 2 is 0.935 bits per heavy atom. The first-order valence-corrected chi connectivity index (χ1v) is 12.2. The lowest BCUT2D eigenvalue weighted by Crippen LogP contribution is -2.60. The van der Waals surface area contributed by atoms with Crippen molar-refractivity contribution in [3.8, 4) is 0 Å². The Kier molecular flexibility index (Phi) is 11.7. The molecule has 0 fully saturated rings. The number of hydrogen-bond acceptors (Lipinski definition) is 4. The Balaban J connectivity index is 5.69. The molecular weight excluding hydrogens is 392 g/mol. The summed E-state index contributed by atoms with van der Waals surface area (Å²) in [6.45, 7) is 19.0. The third-order valence-electron chi connectivity index (χ3n) is 6.91. The van der Waals surface area contributed by atoms with Gasteiger partial charge in [-0.3, -0.25) is 9.59 Å². The summed E-state index contributed by atoms with van der Waals surface area (Å²) >= 11 is 0. The van der Waals surface area contributed by atoms with Crippen molar-refractivity contribution < 1.29 is 19.8 Å². The first kappa shape index (κ1) is 29.9. The fraction of sp³-hybridized carbons (Fsp3) is 0.920. The molecule has 0 aliphatic heterocycles. The van der Waals surface area contributed by atoms with Crippen molar-refractivity contribution in [1.29, 1.82) is 0 Å². The monoisotopic (exact) mass is 442 g/mol. The van der Waals surface area contributed by atoms with Crippen molar-refractivity contribution in [1.82, 2.24) is 10.6 Å². The fourth-order valence-electron chi connectivity index (χ4n) is 4.03. The van der Waals surface area contributed by atoms with Crippen LogP contribution in [0.15, 0.2) is 0 Å². The van der Waals surface area contributed by atoms with E-state index in [1.807, 2.05) is 27.7 Å². The smallest absolute Gasteiger partial charge is 0.235 e. The lowest BCUT2D eigenvalue weighted by Gasteiger charge is -2.40. The van der Waals surface area contributed by atoms with E-state index in [1.165, 1.54) is 0 Å². The Morgan fingerprint density at radius 3 is 1.13 bits per heavy atom. The maximum Gasteiger partial charge on any atom is 0.235 e. The molecule has 0 spiro atoms. The molecule has 6 heteroatoms. The average molecular weight is 443 g/mol. The highest BCUT2D eigenvalue weighted by atomic mass is 16.3. The number of aliphatic hydroxyl groups is 2. The summed E-state index contributed by atoms with van der Waals surface area (Å²) in [4.78, 5) is 26.4. The number of carbonyl (C=O) groups is 2. The zero-order valence-corrected chi connectivity index (χ0v) is 21.8. The number of rotatable bonds is 14. The van der Waals surface area contributed by atoms with Crippen molar-refractivity contribution >= 4 is 11.8 Å². The van der Waals surface area contributed by atoms with Gasteiger partial charge in [-0.05, 0) is 64.2 Å². The highest BCUT2D eigenvalue weighted by Gasteiger charge is 2.44. The molecule has 184 valence electrons. The van der Waals surface area contributed by atoms with Gasteiger partial charge in [0.1, 0.15) is 5.41 Å². The van der Waals surface area contributed by atoms with Crippen LogP contribution in [0.3, 0.4) is 0 Å². The zero-order chi connectivity index (χ0) is 24.6. The molecular formula is C25H50N2O4. The maximum atomic E-state index is 13.2. The lowest BCUT2D eigenvalue weighted by molar-refractivity contribution is -0.145. The maximum absolute atomic E-state index is 13.2. The molecule has 4 N–H and O–H groups in total. The number of amides is 2. The van der Waals surface area contributed by atoms with Gasteiger partial charge in [-0.15, -0.1) is 0 Å². The highest BCUT2D eigenvalue weighted by Crippen LogP contribution is 2.28. The molecule has 0 rings (SSSR count). The third kappa shape index (κ3) is 8.05. The molecule has 6 nitrogen and oxygen atoms in total. The van der Waals surface area contributed by atoms with Crippen molar-refractivity contribution in [3.63, 3.8) is 0 Å². The van der Waals surface area contributed by atoms with Gasteiger partial charge in [0, 0.05) is 0 Å². The van der Waals surface area contributed by atoms with E-state index in [4.69, 9.17) is 0 Å². The van der Waals surface area contributed by atoms with Crippen LogP contribution in [0.1, 0.15) is 108 Å². The van der Waals surface area contributed by atoms with E-state index in [2.05, 4.69) is 38.3 Å². The topological polar surface area (TPSA) is 98.7 Å². The average Bonchev–Trinajstić information content (AvgIpc) is 2.70. The number of nitrogens with one attached hydrogen (secondary N) is 2. The largest absolute Gasteiger partial charge is 0.388 e. The summed E-state index contributed by atoms with van der Waals surface area (Å²) in [5, 5.41) is 28.1. The van der Waals surface area contributed by atoms with Crippen LogP contribution in [0.2, 0.25) is 0 Å². The van der Waals surface area contributed by atoms with Gasteiger partial charge >= 0.3 is 0 Å². The van der Waals surface area contributed by atoms with Crippen LogP contribution < -0.4 is 10.6 Å². The molecule has 0 aliphatic carbocycles. The molecule has 0 saturated carbocycles. The van der Waals surface area contributed by atoms with Gasteiger partial charge in [0.25, 0.3) is 0 Å². The van der Waals surface area contributed by atoms with E-state index < -0.39 is 40.5 Å². The molecule has 0 radical (unpaired) electrons. The van der Waals surface area contributed by atoms with E-state index in [9.17, 15) is 19.8 Å². The van der Waals surface area contributed by atoms with Crippen molar-refractivity contribution in [2.24, 2.45) is 17.3 Å². The first-order chi connectivity index (χ1) is 14.1. The van der Waals surface area contributed by atoms with Crippen LogP contribution in [0, 0.1) is 17.3 Å². The zero-order valence-electron chi connectivity index (χ0n) is 21.8. The van der Waals surface area contributed by atoms with Gasteiger partial charge < -0.3 is 20.8 Å². The summed E-state index contributed by atoms with van der Waals surface area (Å²) in [5.74, 6) is -0.246. The molecule has 0 unspecified atom stereocenters. The van der Waals surface area contributed by atoms with E-state index in [1.54, 1.807) is 13.8 Å². The molecule has 0 aliphatic rings. The molecule has 0 heterocycles. The van der Waals surface area contributed by atoms with E-state index in [0.29, 0.717) is 38.5 Å². The number of hydrogen-bond donors (Lipinski definition) is 4. The highest BCUT2D eigenvalue weighted by molar-refractivity contribution is 6.04. The SMILES string of the molecule is CCC(O)(CC)[C@@H](CC(C)C)NC(=O)C(C)(C)C(=O)N[C@H](CC(C)C)C(O)(CC)CC. The van der Waals surface area contributed by atoms with E-state index >= 15 is 0 Å². The minimum Gasteiger partial charge on any atom is -0.388 e. The van der Waals surface area contributed by atoms with Gasteiger partial charge in [-0.2, -0.15) is 0 Å². The second kappa shape index (κ2) is 12.2. The molecule has 0 bridgehead atoms. The minimum atomic E-state index is -1.34. The molecule has 0 aromatic heterocycles. The van der Waals surface area contributed by atoms with Crippen molar-refractivity contribution in [2.45, 2.75) is 131 Å². The van der Waals surface area contributed by atoms with Gasteiger partial charge in [0.15, 0.2) is 0 Å². The molecule has 31 heavy (non-hydrogen) atoms. The van der Waals surface area contributed by atoms with Crippen LogP contribution in [0.4, 0.5) is 0 Å². The summed E-state index contributed by atoms with van der Waals surface area (Å²) in [5.41, 5.74) is -3.37. The quantitative estimate of drug-likeness (QED) is 0.303. The van der Waals surface area contributed by atoms with Gasteiger partial charge in [-0.1, -0.05) is 55.4 Å². The second-order valence-electron chi connectivity index (χ2n) is 10.6. The van der Waals surface area contributed by atoms with Crippen molar-refractivity contribution in [2.75, 3.05) is 0 Å². The van der Waals surface area contributed by atoms with Gasteiger partial charge in [0.2, 0.25) is 11.8 Å². The second-order valence-corrected chi connectivity index (χ2v) is 10.6. The van der Waals surface area contributed by atoms with E-state index in [0.717, 1.165) is 0 Å². The molecule has 0 saturated heterocycles. The van der Waals surface area contributed by atoms with Crippen molar-refractivity contribution in [3.05, 3.63) is 0 Å². The summed E-state index contributed by atoms with van der Waals surface area (Å²) in [6, 6.07) is -0.867. The van der Waals surface area contributed by atoms with Crippen LogP contribution in [0.5, 0.6) is 0 Å². The number of carbonyl (C=O) groups excluding carboxylic acids is 2. The first-order valence-electron chi connectivity index (χ1n) is 12.2. The van der Waals surface area contributed by atoms with Gasteiger partial charge in [-0.25, -0.2) is 0 Å². The van der Waals surface area contributed by atoms with Crippen LogP contribution in [-0.4, -0.2) is 45.3 Å². The van der Waals surface area contributed by atoms with Crippen LogP contribution in [0.25, 0.3) is 0 Å². The predicted molar refractivity (Wildman–Crippen MR) is 128 cm³/mol. The molecule has 0 aromatic rings. The lowest BCUT2D eigenvalue weighted by atomic mass is 9.81. The Labute approximate surface area is 191 Å². The molecule has 2 atom stereocenters. The third-order valence-corrected chi connectivity index (χ3v) is 6.91.